The Bertz CT molecular complexity index is 1310. The lowest BCUT2D eigenvalue weighted by Gasteiger charge is -2.37. The van der Waals surface area contributed by atoms with Crippen molar-refractivity contribution < 1.29 is 43.2 Å². The van der Waals surface area contributed by atoms with E-state index in [0.29, 0.717) is 12.3 Å². The Labute approximate surface area is 238 Å². The molecule has 4 rings (SSSR count). The minimum Gasteiger partial charge on any atom is -0.481 e. The quantitative estimate of drug-likeness (QED) is 0.294. The monoisotopic (exact) mass is 594 g/mol. The number of nitrogens with one attached hydrogen (secondary N) is 2. The van der Waals surface area contributed by atoms with Gasteiger partial charge in [0, 0.05) is 6.42 Å². The van der Waals surface area contributed by atoms with Gasteiger partial charge < -0.3 is 34.2 Å². The number of hydrogen-bond acceptors (Lipinski definition) is 10. The highest BCUT2D eigenvalue weighted by Crippen LogP contribution is 2.45. The summed E-state index contributed by atoms with van der Waals surface area (Å²) in [6.07, 6.45) is 0.0564. The maximum Gasteiger partial charge on any atom is 0.326 e. The van der Waals surface area contributed by atoms with Crippen molar-refractivity contribution in [3.05, 3.63) is 12.7 Å². The lowest BCUT2D eigenvalue weighted by molar-refractivity contribution is -0.199. The number of carbonyl (C=O) groups excluding carboxylic acids is 1. The third-order valence-corrected chi connectivity index (χ3v) is 12.2. The van der Waals surface area contributed by atoms with E-state index in [0.717, 1.165) is 0 Å². The second-order valence-electron chi connectivity index (χ2n) is 12.2. The van der Waals surface area contributed by atoms with E-state index in [1.807, 2.05) is 13.8 Å². The van der Waals surface area contributed by atoms with Gasteiger partial charge in [0.1, 0.15) is 30.7 Å². The Morgan fingerprint density at radius 2 is 1.83 bits per heavy atom. The zero-order chi connectivity index (χ0) is 30.3. The standard InChI is InChI=1S/C25H38N6O9Si/c1-24(2,3)41(6,7)37-10-14-17-18(40-25(4,5)39-17)21(38-14)31-12-28-16-19(26-11-27-20(16)31)30-23(36)29-13(22(34)35)8-9-15(32)33/h11-14,17-18,21H,8-10H2,1-7H3,(H,32,33)(H,34,35)(H2,26,27,29,30,36)/t13-,14+,17+,18+,21+/m0/s1. The summed E-state index contributed by atoms with van der Waals surface area (Å²) in [5.74, 6) is -3.35. The molecule has 2 saturated heterocycles. The number of aliphatic carboxylic acids is 2. The van der Waals surface area contributed by atoms with Gasteiger partial charge in [0.05, 0.1) is 12.9 Å². The van der Waals surface area contributed by atoms with E-state index in [1.54, 1.807) is 4.57 Å². The first kappa shape index (κ1) is 30.8. The molecule has 2 aliphatic heterocycles. The summed E-state index contributed by atoms with van der Waals surface area (Å²) in [5, 5.41) is 22.9. The Morgan fingerprint density at radius 1 is 1.15 bits per heavy atom. The van der Waals surface area contributed by atoms with Gasteiger partial charge in [-0.1, -0.05) is 20.8 Å². The van der Waals surface area contributed by atoms with Crippen LogP contribution in [0.2, 0.25) is 18.1 Å². The molecule has 4 heterocycles. The van der Waals surface area contributed by atoms with Crippen molar-refractivity contribution in [2.24, 2.45) is 0 Å². The summed E-state index contributed by atoms with van der Waals surface area (Å²) in [6, 6.07) is -2.29. The van der Waals surface area contributed by atoms with Crippen LogP contribution in [-0.2, 0) is 28.2 Å². The Kier molecular flexibility index (Phi) is 8.44. The number of imidazole rings is 1. The van der Waals surface area contributed by atoms with Gasteiger partial charge in [0.15, 0.2) is 37.3 Å². The number of rotatable bonds is 10. The molecule has 0 spiro atoms. The van der Waals surface area contributed by atoms with Crippen molar-refractivity contribution >= 4 is 43.3 Å². The maximum absolute atomic E-state index is 12.6. The van der Waals surface area contributed by atoms with E-state index in [9.17, 15) is 19.5 Å². The molecule has 0 radical (unpaired) electrons. The second kappa shape index (κ2) is 11.2. The van der Waals surface area contributed by atoms with E-state index in [2.05, 4.69) is 59.5 Å². The van der Waals surface area contributed by atoms with E-state index < -0.39 is 69.1 Å². The van der Waals surface area contributed by atoms with Crippen LogP contribution in [0.15, 0.2) is 12.7 Å². The molecule has 2 fully saturated rings. The fourth-order valence-electron chi connectivity index (χ4n) is 4.48. The topological polar surface area (TPSA) is 196 Å². The third kappa shape index (κ3) is 6.67. The van der Waals surface area contributed by atoms with E-state index in [4.69, 9.17) is 23.7 Å². The van der Waals surface area contributed by atoms with Crippen LogP contribution < -0.4 is 10.6 Å². The van der Waals surface area contributed by atoms with Crippen LogP contribution in [-0.4, -0.2) is 92.8 Å². The molecule has 16 heteroatoms. The zero-order valence-electron chi connectivity index (χ0n) is 24.2. The van der Waals surface area contributed by atoms with E-state index in [-0.39, 0.29) is 22.8 Å². The first-order valence-electron chi connectivity index (χ1n) is 13.3. The van der Waals surface area contributed by atoms with Crippen LogP contribution in [0.5, 0.6) is 0 Å². The molecule has 2 aliphatic rings. The highest BCUT2D eigenvalue weighted by Gasteiger charge is 2.56. The summed E-state index contributed by atoms with van der Waals surface area (Å²) in [5.41, 5.74) is 0.582. The van der Waals surface area contributed by atoms with E-state index in [1.165, 1.54) is 12.7 Å². The molecule has 4 N–H and O–H groups in total. The van der Waals surface area contributed by atoms with Crippen molar-refractivity contribution in [1.29, 1.82) is 0 Å². The van der Waals surface area contributed by atoms with Gasteiger partial charge in [-0.3, -0.25) is 14.7 Å². The molecule has 0 aliphatic carbocycles. The Hall–Kier alpha value is -3.18. The largest absolute Gasteiger partial charge is 0.481 e. The molecule has 5 atom stereocenters. The number of ether oxygens (including phenoxy) is 3. The van der Waals surface area contributed by atoms with Gasteiger partial charge >= 0.3 is 18.0 Å². The molecule has 0 unspecified atom stereocenters. The summed E-state index contributed by atoms with van der Waals surface area (Å²) in [7, 11) is -2.07. The van der Waals surface area contributed by atoms with Crippen LogP contribution in [0, 0.1) is 0 Å². The predicted octanol–water partition coefficient (Wildman–Crippen LogP) is 2.71. The van der Waals surface area contributed by atoms with Gasteiger partial charge in [-0.15, -0.1) is 0 Å². The number of hydrogen-bond donors (Lipinski definition) is 4. The second-order valence-corrected chi connectivity index (χ2v) is 17.0. The van der Waals surface area contributed by atoms with Crippen LogP contribution in [0.3, 0.4) is 0 Å². The summed E-state index contributed by atoms with van der Waals surface area (Å²) < 4.78 is 27.0. The maximum atomic E-state index is 12.6. The molecule has 0 aromatic carbocycles. The number of carboxylic acid groups (broad SMARTS) is 2. The lowest BCUT2D eigenvalue weighted by Crippen LogP contribution is -2.44. The van der Waals surface area contributed by atoms with Crippen LogP contribution in [0.25, 0.3) is 11.2 Å². The predicted molar refractivity (Wildman–Crippen MR) is 147 cm³/mol. The number of urea groups is 1. The number of amides is 2. The number of carboxylic acids is 2. The lowest BCUT2D eigenvalue weighted by atomic mass is 10.1. The van der Waals surface area contributed by atoms with Gasteiger partial charge in [-0.2, -0.15) is 0 Å². The molecule has 2 aromatic rings. The number of anilines is 1. The van der Waals surface area contributed by atoms with Gasteiger partial charge in [0.25, 0.3) is 0 Å². The molecule has 0 saturated carbocycles. The number of nitrogens with zero attached hydrogens (tertiary/aromatic N) is 4. The fourth-order valence-corrected chi connectivity index (χ4v) is 5.49. The molecule has 0 bridgehead atoms. The number of aromatic nitrogens is 4. The molecular formula is C25H38N6O9Si. The first-order chi connectivity index (χ1) is 19.0. The van der Waals surface area contributed by atoms with Gasteiger partial charge in [-0.25, -0.2) is 24.5 Å². The summed E-state index contributed by atoms with van der Waals surface area (Å²) >= 11 is 0. The van der Waals surface area contributed by atoms with Crippen LogP contribution >= 0.6 is 0 Å². The minimum absolute atomic E-state index is 0.0185. The summed E-state index contributed by atoms with van der Waals surface area (Å²) in [6.45, 7) is 14.8. The average Bonchev–Trinajstić information content (AvgIpc) is 3.50. The molecule has 226 valence electrons. The summed E-state index contributed by atoms with van der Waals surface area (Å²) in [4.78, 5) is 47.7. The van der Waals surface area contributed by atoms with Crippen molar-refractivity contribution in [2.75, 3.05) is 11.9 Å². The normalized spacial score (nSPS) is 24.7. The number of carbonyl (C=O) groups is 3. The third-order valence-electron chi connectivity index (χ3n) is 7.66. The fraction of sp³-hybridized carbons (Fsp3) is 0.680. The smallest absolute Gasteiger partial charge is 0.326 e. The first-order valence-corrected chi connectivity index (χ1v) is 16.2. The van der Waals surface area contributed by atoms with Gasteiger partial charge in [-0.05, 0) is 38.4 Å². The van der Waals surface area contributed by atoms with Gasteiger partial charge in [0.2, 0.25) is 0 Å². The molecular weight excluding hydrogens is 556 g/mol. The zero-order valence-corrected chi connectivity index (χ0v) is 25.2. The van der Waals surface area contributed by atoms with E-state index >= 15 is 0 Å². The van der Waals surface area contributed by atoms with Crippen LogP contribution in [0.1, 0.15) is 53.7 Å². The Balaban J connectivity index is 1.54. The highest BCUT2D eigenvalue weighted by atomic mass is 28.4. The van der Waals surface area contributed by atoms with Crippen molar-refractivity contribution in [1.82, 2.24) is 24.8 Å². The molecule has 15 nitrogen and oxygen atoms in total. The molecule has 41 heavy (non-hydrogen) atoms. The average molecular weight is 595 g/mol. The number of fused-ring (bicyclic) bond motifs is 2. The highest BCUT2D eigenvalue weighted by molar-refractivity contribution is 6.74. The molecule has 2 aromatic heterocycles. The van der Waals surface area contributed by atoms with Crippen molar-refractivity contribution in [3.63, 3.8) is 0 Å². The SMILES string of the molecule is CC1(C)O[C@@H]2[C@H](O1)[C@@H](CO[Si](C)(C)C(C)(C)C)O[C@H]2n1cnc2c(NC(=O)N[C@@H](CCC(=O)O)C(=O)O)ncnc21. The van der Waals surface area contributed by atoms with Crippen molar-refractivity contribution in [2.45, 2.75) is 102 Å². The minimum atomic E-state index is -2.07. The van der Waals surface area contributed by atoms with Crippen molar-refractivity contribution in [3.8, 4) is 0 Å². The Morgan fingerprint density at radius 3 is 2.46 bits per heavy atom. The van der Waals surface area contributed by atoms with Crippen LogP contribution in [0.4, 0.5) is 10.6 Å². The molecule has 2 amide bonds.